The van der Waals surface area contributed by atoms with Crippen LogP contribution in [0, 0.1) is 12.7 Å². The fourth-order valence-electron chi connectivity index (χ4n) is 4.31. The lowest BCUT2D eigenvalue weighted by atomic mass is 10.1. The van der Waals surface area contributed by atoms with Crippen molar-refractivity contribution in [2.45, 2.75) is 58.3 Å². The number of alkyl halides is 3. The van der Waals surface area contributed by atoms with Crippen LogP contribution in [0.3, 0.4) is 0 Å². The molecule has 1 aliphatic rings. The number of hydrogen-bond donors (Lipinski definition) is 0. The van der Waals surface area contributed by atoms with Crippen molar-refractivity contribution in [1.29, 1.82) is 0 Å². The number of nitrogens with zero attached hydrogens (tertiary/aromatic N) is 5. The number of rotatable bonds is 4. The molecule has 6 nitrogen and oxygen atoms in total. The van der Waals surface area contributed by atoms with Gasteiger partial charge in [-0.05, 0) is 50.5 Å². The van der Waals surface area contributed by atoms with Crippen molar-refractivity contribution in [2.24, 2.45) is 0 Å². The highest BCUT2D eigenvalue weighted by Crippen LogP contribution is 2.41. The fraction of sp³-hybridized carbons (Fsp3) is 0.409. The second-order valence-corrected chi connectivity index (χ2v) is 8.84. The third-order valence-corrected chi connectivity index (χ3v) is 6.28. The monoisotopic (exact) mass is 483 g/mol. The molecule has 0 aliphatic carbocycles. The van der Waals surface area contributed by atoms with Gasteiger partial charge in [0.25, 0.3) is 5.91 Å². The van der Waals surface area contributed by atoms with Crippen LogP contribution in [0.25, 0.3) is 5.69 Å². The molecular weight excluding hydrogens is 462 g/mol. The number of hydrogen-bond acceptors (Lipinski definition) is 3. The van der Waals surface area contributed by atoms with Gasteiger partial charge in [-0.2, -0.15) is 23.4 Å². The van der Waals surface area contributed by atoms with E-state index >= 15 is 0 Å². The van der Waals surface area contributed by atoms with E-state index in [1.54, 1.807) is 27.9 Å². The number of carbonyl (C=O) groups excluding carboxylic acids is 1. The predicted molar refractivity (Wildman–Crippen MR) is 115 cm³/mol. The van der Waals surface area contributed by atoms with Crippen molar-refractivity contribution < 1.29 is 22.4 Å². The molecule has 11 heteroatoms. The molecule has 1 aromatic carbocycles. The van der Waals surface area contributed by atoms with Crippen molar-refractivity contribution in [2.75, 3.05) is 4.90 Å². The number of anilines is 1. The highest BCUT2D eigenvalue weighted by atomic mass is 35.5. The molecule has 0 N–H and O–H groups in total. The lowest BCUT2D eigenvalue weighted by Gasteiger charge is -2.23. The second-order valence-electron chi connectivity index (χ2n) is 8.46. The van der Waals surface area contributed by atoms with Crippen LogP contribution in [0.2, 0.25) is 5.02 Å². The lowest BCUT2D eigenvalue weighted by Crippen LogP contribution is -2.33. The largest absolute Gasteiger partial charge is 0.436 e. The van der Waals surface area contributed by atoms with Gasteiger partial charge in [-0.3, -0.25) is 9.48 Å². The SMILES string of the molecule is Cc1c(Cl)c(C(F)(F)F)nn1C1CC(C)N(c2cnn(-c3ccc(F)cc3)c2C(C)C)C1=O. The Morgan fingerprint density at radius 2 is 1.82 bits per heavy atom. The highest BCUT2D eigenvalue weighted by Gasteiger charge is 2.45. The van der Waals surface area contributed by atoms with Gasteiger partial charge < -0.3 is 4.90 Å². The molecule has 0 spiro atoms. The third-order valence-electron chi connectivity index (χ3n) is 5.83. The maximum atomic E-state index is 13.5. The minimum Gasteiger partial charge on any atom is -0.304 e. The van der Waals surface area contributed by atoms with E-state index in [2.05, 4.69) is 10.2 Å². The molecule has 4 rings (SSSR count). The molecule has 0 bridgehead atoms. The zero-order valence-corrected chi connectivity index (χ0v) is 19.1. The maximum absolute atomic E-state index is 13.5. The van der Waals surface area contributed by atoms with Crippen LogP contribution in [-0.2, 0) is 11.0 Å². The zero-order chi connectivity index (χ0) is 24.2. The summed E-state index contributed by atoms with van der Waals surface area (Å²) in [4.78, 5) is 15.0. The third kappa shape index (κ3) is 3.90. The zero-order valence-electron chi connectivity index (χ0n) is 18.4. The minimum atomic E-state index is -4.72. The van der Waals surface area contributed by atoms with Gasteiger partial charge in [0.15, 0.2) is 5.69 Å². The van der Waals surface area contributed by atoms with Crippen LogP contribution in [0.5, 0.6) is 0 Å². The standard InChI is InChI=1S/C22H22ClF4N5O/c1-11(2)19-17(10-28-32(19)15-7-5-14(24)6-8-15)30-12(3)9-16(21(30)33)31-13(4)18(23)20(29-31)22(25,26)27/h5-8,10-12,16H,9H2,1-4H3. The van der Waals surface area contributed by atoms with Gasteiger partial charge in [0.1, 0.15) is 11.9 Å². The topological polar surface area (TPSA) is 56.0 Å². The van der Waals surface area contributed by atoms with Crippen LogP contribution in [-0.4, -0.2) is 31.5 Å². The molecular formula is C22H22ClF4N5O. The van der Waals surface area contributed by atoms with E-state index < -0.39 is 22.9 Å². The predicted octanol–water partition coefficient (Wildman–Crippen LogP) is 5.68. The second kappa shape index (κ2) is 8.16. The van der Waals surface area contributed by atoms with Gasteiger partial charge in [-0.15, -0.1) is 0 Å². The Hall–Kier alpha value is -2.88. The minimum absolute atomic E-state index is 0.0516. The molecule has 3 heterocycles. The Labute approximate surface area is 192 Å². The Kier molecular flexibility index (Phi) is 5.76. The maximum Gasteiger partial charge on any atom is 0.436 e. The number of carbonyl (C=O) groups is 1. The Morgan fingerprint density at radius 1 is 1.18 bits per heavy atom. The summed E-state index contributed by atoms with van der Waals surface area (Å²) >= 11 is 5.90. The first-order valence-electron chi connectivity index (χ1n) is 10.4. The van der Waals surface area contributed by atoms with E-state index in [0.717, 1.165) is 10.4 Å². The summed E-state index contributed by atoms with van der Waals surface area (Å²) in [7, 11) is 0. The van der Waals surface area contributed by atoms with Crippen LogP contribution in [0.1, 0.15) is 56.2 Å². The van der Waals surface area contributed by atoms with Gasteiger partial charge in [0, 0.05) is 6.04 Å². The van der Waals surface area contributed by atoms with Crippen molar-refractivity contribution >= 4 is 23.2 Å². The molecule has 1 amide bonds. The summed E-state index contributed by atoms with van der Waals surface area (Å²) in [6.45, 7) is 7.12. The average molecular weight is 484 g/mol. The molecule has 1 aliphatic heterocycles. The van der Waals surface area contributed by atoms with Crippen LogP contribution < -0.4 is 4.90 Å². The van der Waals surface area contributed by atoms with Crippen LogP contribution >= 0.6 is 11.6 Å². The van der Waals surface area contributed by atoms with Crippen molar-refractivity contribution in [1.82, 2.24) is 19.6 Å². The molecule has 2 unspecified atom stereocenters. The molecule has 2 atom stereocenters. The quantitative estimate of drug-likeness (QED) is 0.449. The first-order chi connectivity index (χ1) is 15.4. The summed E-state index contributed by atoms with van der Waals surface area (Å²) in [5.74, 6) is -0.821. The van der Waals surface area contributed by atoms with Gasteiger partial charge in [0.05, 0.1) is 34.0 Å². The number of benzene rings is 1. The molecule has 33 heavy (non-hydrogen) atoms. The van der Waals surface area contributed by atoms with Gasteiger partial charge in [0.2, 0.25) is 0 Å². The summed E-state index contributed by atoms with van der Waals surface area (Å²) in [5, 5.41) is 7.57. The molecule has 2 aromatic heterocycles. The molecule has 1 fully saturated rings. The summed E-state index contributed by atoms with van der Waals surface area (Å²) < 4.78 is 56.0. The lowest BCUT2D eigenvalue weighted by molar-refractivity contribution is -0.141. The molecule has 176 valence electrons. The Bertz CT molecular complexity index is 1200. The van der Waals surface area contributed by atoms with Crippen molar-refractivity contribution in [3.05, 3.63) is 58.4 Å². The van der Waals surface area contributed by atoms with E-state index in [1.807, 2.05) is 20.8 Å². The first-order valence-corrected chi connectivity index (χ1v) is 10.8. The average Bonchev–Trinajstić information content (AvgIpc) is 3.37. The Balaban J connectivity index is 1.75. The van der Waals surface area contributed by atoms with E-state index in [1.165, 1.54) is 19.1 Å². The van der Waals surface area contributed by atoms with Gasteiger partial charge >= 0.3 is 6.18 Å². The molecule has 0 radical (unpaired) electrons. The number of amides is 1. The smallest absolute Gasteiger partial charge is 0.304 e. The fourth-order valence-corrected chi connectivity index (χ4v) is 4.55. The van der Waals surface area contributed by atoms with Crippen LogP contribution in [0.15, 0.2) is 30.5 Å². The first kappa shape index (κ1) is 23.3. The van der Waals surface area contributed by atoms with Crippen LogP contribution in [0.4, 0.5) is 23.2 Å². The van der Waals surface area contributed by atoms with Crippen molar-refractivity contribution in [3.8, 4) is 5.69 Å². The van der Waals surface area contributed by atoms with Gasteiger partial charge in [-0.25, -0.2) is 9.07 Å². The summed E-state index contributed by atoms with van der Waals surface area (Å²) in [6.07, 6.45) is -2.91. The van der Waals surface area contributed by atoms with Crippen molar-refractivity contribution in [3.63, 3.8) is 0 Å². The Morgan fingerprint density at radius 3 is 2.36 bits per heavy atom. The highest BCUT2D eigenvalue weighted by molar-refractivity contribution is 6.32. The summed E-state index contributed by atoms with van der Waals surface area (Å²) in [5.41, 5.74) is 0.803. The number of halogens is 5. The normalized spacial score (nSPS) is 19.2. The van der Waals surface area contributed by atoms with E-state index in [0.29, 0.717) is 11.4 Å². The summed E-state index contributed by atoms with van der Waals surface area (Å²) in [6, 6.07) is 4.57. The van der Waals surface area contributed by atoms with E-state index in [9.17, 15) is 22.4 Å². The van der Waals surface area contributed by atoms with Gasteiger partial charge in [-0.1, -0.05) is 25.4 Å². The number of aromatic nitrogens is 4. The molecule has 3 aromatic rings. The van der Waals surface area contributed by atoms with E-state index in [4.69, 9.17) is 11.6 Å². The van der Waals surface area contributed by atoms with E-state index in [-0.39, 0.29) is 35.8 Å². The molecule has 0 saturated carbocycles. The molecule has 1 saturated heterocycles.